The first-order chi connectivity index (χ1) is 12.0. The number of nitrogens with zero attached hydrogens (tertiary/aromatic N) is 1. The summed E-state index contributed by atoms with van der Waals surface area (Å²) in [5.74, 6) is 0.751. The van der Waals surface area contributed by atoms with E-state index in [2.05, 4.69) is 34.7 Å². The van der Waals surface area contributed by atoms with Crippen LogP contribution in [-0.2, 0) is 0 Å². The third-order valence-electron chi connectivity index (χ3n) is 5.09. The number of nitrogens with two attached hydrogens (primary N) is 1. The van der Waals surface area contributed by atoms with Gasteiger partial charge in [-0.15, -0.1) is 11.3 Å². The molecule has 4 nitrogen and oxygen atoms in total. The summed E-state index contributed by atoms with van der Waals surface area (Å²) in [6.45, 7) is 7.08. The molecule has 0 aliphatic carbocycles. The summed E-state index contributed by atoms with van der Waals surface area (Å²) < 4.78 is 0. The normalized spacial score (nSPS) is 17.4. The lowest BCUT2D eigenvalue weighted by atomic mass is 9.97. The summed E-state index contributed by atoms with van der Waals surface area (Å²) in [6, 6.07) is 9.99. The highest BCUT2D eigenvalue weighted by molar-refractivity contribution is 7.10. The quantitative estimate of drug-likeness (QED) is 0.799. The molecule has 5 heteroatoms. The number of piperidine rings is 1. The molecule has 1 aliphatic rings. The maximum atomic E-state index is 12.6. The van der Waals surface area contributed by atoms with E-state index in [1.165, 1.54) is 17.7 Å². The number of hydrogen-bond acceptors (Lipinski definition) is 4. The maximum absolute atomic E-state index is 12.6. The second kappa shape index (κ2) is 8.02. The van der Waals surface area contributed by atoms with Crippen molar-refractivity contribution >= 4 is 22.9 Å². The molecular weight excluding hydrogens is 330 g/mol. The van der Waals surface area contributed by atoms with Gasteiger partial charge in [-0.2, -0.15) is 0 Å². The van der Waals surface area contributed by atoms with E-state index in [0.29, 0.717) is 17.8 Å². The number of hydrogen-bond donors (Lipinski definition) is 2. The molecule has 1 aromatic heterocycles. The summed E-state index contributed by atoms with van der Waals surface area (Å²) in [5, 5.41) is 5.24. The molecule has 0 bridgehead atoms. The van der Waals surface area contributed by atoms with Crippen LogP contribution in [0.1, 0.15) is 46.6 Å². The first-order valence-electron chi connectivity index (χ1n) is 8.96. The van der Waals surface area contributed by atoms with Crippen molar-refractivity contribution in [2.24, 2.45) is 5.92 Å². The zero-order chi connectivity index (χ0) is 17.8. The number of aryl methyl sites for hydroxylation is 1. The van der Waals surface area contributed by atoms with Gasteiger partial charge in [-0.05, 0) is 67.9 Å². The van der Waals surface area contributed by atoms with E-state index in [-0.39, 0.29) is 11.9 Å². The van der Waals surface area contributed by atoms with Crippen LogP contribution >= 0.6 is 11.3 Å². The lowest BCUT2D eigenvalue weighted by Crippen LogP contribution is -2.41. The summed E-state index contributed by atoms with van der Waals surface area (Å²) in [5.41, 5.74) is 8.08. The Labute approximate surface area is 154 Å². The van der Waals surface area contributed by atoms with E-state index in [4.69, 9.17) is 5.73 Å². The van der Waals surface area contributed by atoms with Crippen LogP contribution in [-0.4, -0.2) is 30.4 Å². The third-order valence-corrected chi connectivity index (χ3v) is 6.07. The van der Waals surface area contributed by atoms with Crippen molar-refractivity contribution < 1.29 is 4.79 Å². The Bertz CT molecular complexity index is 706. The van der Waals surface area contributed by atoms with Gasteiger partial charge < -0.3 is 11.1 Å². The fourth-order valence-corrected chi connectivity index (χ4v) is 4.26. The Morgan fingerprint density at radius 3 is 2.80 bits per heavy atom. The van der Waals surface area contributed by atoms with Gasteiger partial charge in [-0.1, -0.05) is 19.1 Å². The van der Waals surface area contributed by atoms with Crippen molar-refractivity contribution in [3.8, 4) is 0 Å². The van der Waals surface area contributed by atoms with Gasteiger partial charge in [0.15, 0.2) is 0 Å². The van der Waals surface area contributed by atoms with Crippen molar-refractivity contribution in [3.05, 3.63) is 51.7 Å². The van der Waals surface area contributed by atoms with Gasteiger partial charge in [-0.3, -0.25) is 9.69 Å². The number of carbonyl (C=O) groups is 1. The molecule has 1 saturated heterocycles. The van der Waals surface area contributed by atoms with Crippen molar-refractivity contribution in [1.82, 2.24) is 10.2 Å². The minimum Gasteiger partial charge on any atom is -0.399 e. The number of nitrogen functional groups attached to an aromatic ring is 1. The van der Waals surface area contributed by atoms with Crippen LogP contribution in [0.25, 0.3) is 0 Å². The average molecular weight is 358 g/mol. The molecule has 1 unspecified atom stereocenters. The molecule has 3 N–H and O–H groups in total. The highest BCUT2D eigenvalue weighted by atomic mass is 32.1. The van der Waals surface area contributed by atoms with E-state index in [9.17, 15) is 4.79 Å². The van der Waals surface area contributed by atoms with Gasteiger partial charge in [0.1, 0.15) is 0 Å². The number of benzene rings is 1. The van der Waals surface area contributed by atoms with E-state index in [1.807, 2.05) is 19.1 Å². The number of carbonyl (C=O) groups excluding carboxylic acids is 1. The summed E-state index contributed by atoms with van der Waals surface area (Å²) in [7, 11) is 0. The van der Waals surface area contributed by atoms with Gasteiger partial charge in [0.2, 0.25) is 0 Å². The van der Waals surface area contributed by atoms with Crippen LogP contribution < -0.4 is 11.1 Å². The average Bonchev–Trinajstić information content (AvgIpc) is 3.13. The molecule has 25 heavy (non-hydrogen) atoms. The number of likely N-dealkylation sites (tertiary alicyclic amines) is 1. The van der Waals surface area contributed by atoms with Crippen molar-refractivity contribution in [1.29, 1.82) is 0 Å². The minimum atomic E-state index is -0.0447. The van der Waals surface area contributed by atoms with Crippen LogP contribution in [0.4, 0.5) is 5.69 Å². The lowest BCUT2D eigenvalue weighted by molar-refractivity contribution is 0.0914. The Morgan fingerprint density at radius 2 is 2.12 bits per heavy atom. The predicted octanol–water partition coefficient (Wildman–Crippen LogP) is 3.84. The maximum Gasteiger partial charge on any atom is 0.251 e. The topological polar surface area (TPSA) is 58.4 Å². The zero-order valence-electron chi connectivity index (χ0n) is 15.0. The molecule has 3 rings (SSSR count). The van der Waals surface area contributed by atoms with Crippen LogP contribution in [0.5, 0.6) is 0 Å². The highest BCUT2D eigenvalue weighted by Gasteiger charge is 2.26. The van der Waals surface area contributed by atoms with E-state index >= 15 is 0 Å². The largest absolute Gasteiger partial charge is 0.399 e. The van der Waals surface area contributed by atoms with Crippen molar-refractivity contribution in [2.45, 2.75) is 32.7 Å². The van der Waals surface area contributed by atoms with E-state index in [0.717, 1.165) is 24.6 Å². The molecule has 1 aromatic carbocycles. The number of rotatable bonds is 5. The summed E-state index contributed by atoms with van der Waals surface area (Å²) in [4.78, 5) is 16.5. The first-order valence-corrected chi connectivity index (χ1v) is 9.84. The molecule has 0 radical (unpaired) electrons. The molecular formula is C20H27N3OS. The molecule has 2 heterocycles. The van der Waals surface area contributed by atoms with Gasteiger partial charge in [-0.25, -0.2) is 0 Å². The SMILES string of the molecule is Cc1ccc(N)cc1C(=O)NCC(c1cccs1)N1CCC(C)CC1. The number of thiophene rings is 1. The molecule has 1 atom stereocenters. The van der Waals surface area contributed by atoms with Crippen LogP contribution in [0.3, 0.4) is 0 Å². The van der Waals surface area contributed by atoms with Crippen LogP contribution in [0, 0.1) is 12.8 Å². The molecule has 0 saturated carbocycles. The fourth-order valence-electron chi connectivity index (χ4n) is 3.40. The van der Waals surface area contributed by atoms with Crippen molar-refractivity contribution in [3.63, 3.8) is 0 Å². The second-order valence-electron chi connectivity index (χ2n) is 7.03. The predicted molar refractivity (Wildman–Crippen MR) is 105 cm³/mol. The van der Waals surface area contributed by atoms with Crippen LogP contribution in [0.15, 0.2) is 35.7 Å². The van der Waals surface area contributed by atoms with E-state index in [1.54, 1.807) is 17.4 Å². The molecule has 0 spiro atoms. The Balaban J connectivity index is 1.70. The third kappa shape index (κ3) is 4.41. The van der Waals surface area contributed by atoms with Crippen molar-refractivity contribution in [2.75, 3.05) is 25.4 Å². The van der Waals surface area contributed by atoms with E-state index < -0.39 is 0 Å². The summed E-state index contributed by atoms with van der Waals surface area (Å²) >= 11 is 1.77. The monoisotopic (exact) mass is 357 g/mol. The smallest absolute Gasteiger partial charge is 0.251 e. The Kier molecular flexibility index (Phi) is 5.76. The number of anilines is 1. The summed E-state index contributed by atoms with van der Waals surface area (Å²) in [6.07, 6.45) is 2.45. The van der Waals surface area contributed by atoms with Gasteiger partial charge in [0.25, 0.3) is 5.91 Å². The van der Waals surface area contributed by atoms with Gasteiger partial charge in [0.05, 0.1) is 6.04 Å². The molecule has 134 valence electrons. The second-order valence-corrected chi connectivity index (χ2v) is 8.01. The van der Waals surface area contributed by atoms with Gasteiger partial charge in [0, 0.05) is 22.7 Å². The molecule has 1 aliphatic heterocycles. The fraction of sp³-hybridized carbons (Fsp3) is 0.450. The lowest BCUT2D eigenvalue weighted by Gasteiger charge is -2.36. The Hall–Kier alpha value is -1.85. The molecule has 1 fully saturated rings. The molecule has 1 amide bonds. The van der Waals surface area contributed by atoms with Crippen LogP contribution in [0.2, 0.25) is 0 Å². The number of nitrogens with one attached hydrogen (secondary N) is 1. The standard InChI is InChI=1S/C20H27N3OS/c1-14-7-9-23(10-8-14)18(19-4-3-11-25-19)13-22-20(24)17-12-16(21)6-5-15(17)2/h3-6,11-12,14,18H,7-10,13,21H2,1-2H3,(H,22,24). The van der Waals surface area contributed by atoms with Gasteiger partial charge >= 0.3 is 0 Å². The first kappa shape index (κ1) is 18.0. The number of amides is 1. The highest BCUT2D eigenvalue weighted by Crippen LogP contribution is 2.29. The Morgan fingerprint density at radius 1 is 1.36 bits per heavy atom. The molecule has 2 aromatic rings. The minimum absolute atomic E-state index is 0.0447. The zero-order valence-corrected chi connectivity index (χ0v) is 15.8.